The fourth-order valence-corrected chi connectivity index (χ4v) is 2.16. The zero-order valence-corrected chi connectivity index (χ0v) is 11.6. The second kappa shape index (κ2) is 7.05. The second-order valence-electron chi connectivity index (χ2n) is 4.95. The molecular weight excluding hydrogens is 256 g/mol. The molecule has 20 heavy (non-hydrogen) atoms. The Morgan fingerprint density at radius 2 is 2.00 bits per heavy atom. The molecule has 1 aromatic carbocycles. The molecular formula is C15H20N2O3. The summed E-state index contributed by atoms with van der Waals surface area (Å²) in [5.41, 5.74) is 2.10. The fourth-order valence-electron chi connectivity index (χ4n) is 2.16. The third kappa shape index (κ3) is 4.06. The molecule has 0 spiro atoms. The van der Waals surface area contributed by atoms with Crippen LogP contribution in [0, 0.1) is 6.92 Å². The summed E-state index contributed by atoms with van der Waals surface area (Å²) in [7, 11) is 0. The van der Waals surface area contributed by atoms with E-state index in [1.165, 1.54) is 0 Å². The first-order valence-electron chi connectivity index (χ1n) is 6.89. The normalized spacial score (nSPS) is 17.8. The van der Waals surface area contributed by atoms with Gasteiger partial charge in [-0.05, 0) is 30.9 Å². The number of rotatable bonds is 4. The third-order valence-corrected chi connectivity index (χ3v) is 3.42. The van der Waals surface area contributed by atoms with Gasteiger partial charge in [-0.25, -0.2) is 0 Å². The maximum atomic E-state index is 11.7. The number of amides is 2. The quantitative estimate of drug-likeness (QED) is 0.803. The van der Waals surface area contributed by atoms with Crippen LogP contribution in [0.3, 0.4) is 0 Å². The van der Waals surface area contributed by atoms with Crippen molar-refractivity contribution < 1.29 is 14.3 Å². The molecule has 1 aliphatic rings. The predicted molar refractivity (Wildman–Crippen MR) is 75.0 cm³/mol. The van der Waals surface area contributed by atoms with E-state index in [9.17, 15) is 9.59 Å². The summed E-state index contributed by atoms with van der Waals surface area (Å²) in [6.07, 6.45) is 1.99. The summed E-state index contributed by atoms with van der Waals surface area (Å²) in [5, 5.41) is 5.22. The van der Waals surface area contributed by atoms with Gasteiger partial charge in [0.05, 0.1) is 6.10 Å². The highest BCUT2D eigenvalue weighted by molar-refractivity contribution is 6.35. The van der Waals surface area contributed by atoms with Crippen molar-refractivity contribution in [3.05, 3.63) is 35.4 Å². The van der Waals surface area contributed by atoms with Gasteiger partial charge in [0, 0.05) is 19.7 Å². The summed E-state index contributed by atoms with van der Waals surface area (Å²) in [5.74, 6) is -1.21. The number of hydrogen-bond donors (Lipinski definition) is 2. The molecule has 2 N–H and O–H groups in total. The van der Waals surface area contributed by atoms with E-state index in [1.54, 1.807) is 0 Å². The van der Waals surface area contributed by atoms with Crippen LogP contribution >= 0.6 is 0 Å². The van der Waals surface area contributed by atoms with Crippen LogP contribution in [-0.4, -0.2) is 31.1 Å². The standard InChI is InChI=1S/C15H20N2O3/c1-11-5-2-3-6-12(11)9-16-14(18)15(19)17-10-13-7-4-8-20-13/h2-3,5-6,13H,4,7-10H2,1H3,(H,16,18)(H,17,19). The molecule has 2 rings (SSSR count). The number of carbonyl (C=O) groups excluding carboxylic acids is 2. The van der Waals surface area contributed by atoms with Crippen LogP contribution in [-0.2, 0) is 20.9 Å². The fraction of sp³-hybridized carbons (Fsp3) is 0.467. The van der Waals surface area contributed by atoms with Crippen LogP contribution in [0.1, 0.15) is 24.0 Å². The van der Waals surface area contributed by atoms with Crippen molar-refractivity contribution in [3.8, 4) is 0 Å². The largest absolute Gasteiger partial charge is 0.376 e. The average Bonchev–Trinajstić information content (AvgIpc) is 2.97. The lowest BCUT2D eigenvalue weighted by molar-refractivity contribution is -0.139. The minimum atomic E-state index is -0.605. The number of benzene rings is 1. The summed E-state index contributed by atoms with van der Waals surface area (Å²) in [6.45, 7) is 3.47. The van der Waals surface area contributed by atoms with Crippen LogP contribution in [0.25, 0.3) is 0 Å². The van der Waals surface area contributed by atoms with Gasteiger partial charge in [0.25, 0.3) is 0 Å². The Bertz CT molecular complexity index is 482. The van der Waals surface area contributed by atoms with Gasteiger partial charge in [-0.3, -0.25) is 9.59 Å². The van der Waals surface area contributed by atoms with Crippen LogP contribution in [0.2, 0.25) is 0 Å². The van der Waals surface area contributed by atoms with Gasteiger partial charge in [-0.15, -0.1) is 0 Å². The SMILES string of the molecule is Cc1ccccc1CNC(=O)C(=O)NCC1CCCO1. The van der Waals surface area contributed by atoms with Crippen LogP contribution in [0.15, 0.2) is 24.3 Å². The maximum absolute atomic E-state index is 11.7. The molecule has 1 fully saturated rings. The van der Waals surface area contributed by atoms with E-state index in [4.69, 9.17) is 4.74 Å². The molecule has 1 saturated heterocycles. The van der Waals surface area contributed by atoms with Crippen molar-refractivity contribution in [2.45, 2.75) is 32.4 Å². The van der Waals surface area contributed by atoms with E-state index < -0.39 is 11.8 Å². The Kier molecular flexibility index (Phi) is 5.12. The van der Waals surface area contributed by atoms with E-state index in [-0.39, 0.29) is 6.10 Å². The molecule has 0 aromatic heterocycles. The van der Waals surface area contributed by atoms with Gasteiger partial charge >= 0.3 is 11.8 Å². The molecule has 5 nitrogen and oxygen atoms in total. The number of ether oxygens (including phenoxy) is 1. The summed E-state index contributed by atoms with van der Waals surface area (Å²) >= 11 is 0. The van der Waals surface area contributed by atoms with Crippen LogP contribution < -0.4 is 10.6 Å². The highest BCUT2D eigenvalue weighted by atomic mass is 16.5. The predicted octanol–water partition coefficient (Wildman–Crippen LogP) is 0.906. The summed E-state index contributed by atoms with van der Waals surface area (Å²) in [6, 6.07) is 7.75. The molecule has 1 aromatic rings. The molecule has 0 aliphatic carbocycles. The van der Waals surface area contributed by atoms with Crippen molar-refractivity contribution in [1.29, 1.82) is 0 Å². The smallest absolute Gasteiger partial charge is 0.309 e. The van der Waals surface area contributed by atoms with E-state index in [0.717, 1.165) is 30.6 Å². The third-order valence-electron chi connectivity index (χ3n) is 3.42. The topological polar surface area (TPSA) is 67.4 Å². The Labute approximate surface area is 118 Å². The molecule has 108 valence electrons. The van der Waals surface area contributed by atoms with Crippen LogP contribution in [0.4, 0.5) is 0 Å². The van der Waals surface area contributed by atoms with Gasteiger partial charge in [-0.1, -0.05) is 24.3 Å². The first kappa shape index (κ1) is 14.5. The zero-order valence-electron chi connectivity index (χ0n) is 11.6. The van der Waals surface area contributed by atoms with Gasteiger partial charge in [0.1, 0.15) is 0 Å². The second-order valence-corrected chi connectivity index (χ2v) is 4.95. The molecule has 0 saturated carbocycles. The Morgan fingerprint density at radius 1 is 1.25 bits per heavy atom. The minimum Gasteiger partial charge on any atom is -0.376 e. The van der Waals surface area contributed by atoms with Crippen molar-refractivity contribution >= 4 is 11.8 Å². The Morgan fingerprint density at radius 3 is 2.70 bits per heavy atom. The number of nitrogens with one attached hydrogen (secondary N) is 2. The lowest BCUT2D eigenvalue weighted by atomic mass is 10.1. The first-order valence-corrected chi connectivity index (χ1v) is 6.89. The number of aryl methyl sites for hydroxylation is 1. The monoisotopic (exact) mass is 276 g/mol. The number of carbonyl (C=O) groups is 2. The zero-order chi connectivity index (χ0) is 14.4. The van der Waals surface area contributed by atoms with E-state index in [2.05, 4.69) is 10.6 Å². The van der Waals surface area contributed by atoms with Crippen molar-refractivity contribution in [3.63, 3.8) is 0 Å². The van der Waals surface area contributed by atoms with Crippen LogP contribution in [0.5, 0.6) is 0 Å². The lowest BCUT2D eigenvalue weighted by Crippen LogP contribution is -2.42. The van der Waals surface area contributed by atoms with E-state index in [1.807, 2.05) is 31.2 Å². The first-order chi connectivity index (χ1) is 9.66. The molecule has 5 heteroatoms. The van der Waals surface area contributed by atoms with Crippen molar-refractivity contribution in [2.75, 3.05) is 13.2 Å². The minimum absolute atomic E-state index is 0.0446. The highest BCUT2D eigenvalue weighted by Crippen LogP contribution is 2.10. The molecule has 1 unspecified atom stereocenters. The van der Waals surface area contributed by atoms with E-state index >= 15 is 0 Å². The average molecular weight is 276 g/mol. The highest BCUT2D eigenvalue weighted by Gasteiger charge is 2.19. The van der Waals surface area contributed by atoms with Crippen molar-refractivity contribution in [2.24, 2.45) is 0 Å². The molecule has 0 bridgehead atoms. The Hall–Kier alpha value is -1.88. The lowest BCUT2D eigenvalue weighted by Gasteiger charge is -2.11. The number of hydrogen-bond acceptors (Lipinski definition) is 3. The molecule has 1 aliphatic heterocycles. The van der Waals surface area contributed by atoms with Gasteiger partial charge < -0.3 is 15.4 Å². The van der Waals surface area contributed by atoms with Gasteiger partial charge in [0.15, 0.2) is 0 Å². The van der Waals surface area contributed by atoms with Crippen molar-refractivity contribution in [1.82, 2.24) is 10.6 Å². The molecule has 2 amide bonds. The van der Waals surface area contributed by atoms with E-state index in [0.29, 0.717) is 13.1 Å². The summed E-state index contributed by atoms with van der Waals surface area (Å²) < 4.78 is 5.38. The molecule has 1 atom stereocenters. The summed E-state index contributed by atoms with van der Waals surface area (Å²) in [4.78, 5) is 23.3. The Balaban J connectivity index is 1.73. The maximum Gasteiger partial charge on any atom is 0.309 e. The molecule has 0 radical (unpaired) electrons. The van der Waals surface area contributed by atoms with Gasteiger partial charge in [-0.2, -0.15) is 0 Å². The molecule has 1 heterocycles. The van der Waals surface area contributed by atoms with Gasteiger partial charge in [0.2, 0.25) is 0 Å².